The number of aromatic amines is 1. The van der Waals surface area contributed by atoms with Gasteiger partial charge in [0, 0.05) is 43.1 Å². The predicted molar refractivity (Wildman–Crippen MR) is 95.6 cm³/mol. The van der Waals surface area contributed by atoms with E-state index in [9.17, 15) is 14.4 Å². The molecule has 132 valence electrons. The Morgan fingerprint density at radius 2 is 1.96 bits per heavy atom. The molecule has 1 aromatic carbocycles. The minimum atomic E-state index is -0.288. The topological polar surface area (TPSA) is 94.3 Å². The number of nitrogens with zero attached hydrogens (tertiary/aromatic N) is 1. The molecule has 25 heavy (non-hydrogen) atoms. The number of piperidine rings is 1. The number of carbonyl (C=O) groups is 2. The van der Waals surface area contributed by atoms with Crippen molar-refractivity contribution in [2.45, 2.75) is 18.9 Å². The van der Waals surface area contributed by atoms with E-state index in [0.29, 0.717) is 17.6 Å². The van der Waals surface area contributed by atoms with Crippen molar-refractivity contribution in [2.24, 2.45) is 0 Å². The third kappa shape index (κ3) is 4.06. The monoisotopic (exact) mass is 342 g/mol. The standard InChI is InChI=1S/C18H22N4O3/c1-19-17(24)11-22-8-6-12(7-9-22)20-18(25)14-10-16(23)21-15-5-3-2-4-13(14)15/h2-5,10,12H,6-9,11H2,1H3,(H,19,24)(H,20,25)(H,21,23). The minimum absolute atomic E-state index is 0.00235. The van der Waals surface area contributed by atoms with Crippen molar-refractivity contribution >= 4 is 22.7 Å². The Morgan fingerprint density at radius 1 is 1.24 bits per heavy atom. The molecule has 3 rings (SSSR count). The Labute approximate surface area is 145 Å². The van der Waals surface area contributed by atoms with E-state index in [1.54, 1.807) is 13.1 Å². The number of pyridine rings is 1. The summed E-state index contributed by atoms with van der Waals surface area (Å²) in [6.07, 6.45) is 1.56. The zero-order valence-corrected chi connectivity index (χ0v) is 14.2. The van der Waals surface area contributed by atoms with Crippen LogP contribution in [0.2, 0.25) is 0 Å². The molecule has 1 aromatic heterocycles. The van der Waals surface area contributed by atoms with Crippen LogP contribution in [-0.4, -0.2) is 54.4 Å². The number of hydrogen-bond donors (Lipinski definition) is 3. The van der Waals surface area contributed by atoms with E-state index in [2.05, 4.69) is 20.5 Å². The number of aromatic nitrogens is 1. The Morgan fingerprint density at radius 3 is 2.68 bits per heavy atom. The second-order valence-electron chi connectivity index (χ2n) is 6.29. The summed E-state index contributed by atoms with van der Waals surface area (Å²) in [6.45, 7) is 1.90. The SMILES string of the molecule is CNC(=O)CN1CCC(NC(=O)c2cc(=O)[nH]c3ccccc23)CC1. The molecule has 2 heterocycles. The van der Waals surface area contributed by atoms with Gasteiger partial charge in [0.2, 0.25) is 11.5 Å². The third-order valence-corrected chi connectivity index (χ3v) is 4.56. The van der Waals surface area contributed by atoms with E-state index in [1.165, 1.54) is 6.07 Å². The molecular weight excluding hydrogens is 320 g/mol. The van der Waals surface area contributed by atoms with Crippen molar-refractivity contribution in [3.8, 4) is 0 Å². The predicted octanol–water partition coefficient (Wildman–Crippen LogP) is 0.468. The van der Waals surface area contributed by atoms with Crippen LogP contribution in [-0.2, 0) is 4.79 Å². The molecule has 1 fully saturated rings. The molecule has 7 nitrogen and oxygen atoms in total. The van der Waals surface area contributed by atoms with Crippen molar-refractivity contribution in [3.05, 3.63) is 46.2 Å². The number of para-hydroxylation sites is 1. The highest BCUT2D eigenvalue weighted by molar-refractivity contribution is 6.06. The molecule has 0 saturated carbocycles. The number of hydrogen-bond acceptors (Lipinski definition) is 4. The molecule has 0 unspecified atom stereocenters. The smallest absolute Gasteiger partial charge is 0.252 e. The fraction of sp³-hybridized carbons (Fsp3) is 0.389. The number of fused-ring (bicyclic) bond motifs is 1. The molecule has 0 bridgehead atoms. The Hall–Kier alpha value is -2.67. The molecule has 2 amide bonds. The highest BCUT2D eigenvalue weighted by Crippen LogP contribution is 2.16. The number of amides is 2. The molecule has 1 saturated heterocycles. The number of likely N-dealkylation sites (tertiary alicyclic amines) is 1. The molecule has 7 heteroatoms. The molecule has 1 aliphatic rings. The number of benzene rings is 1. The zero-order chi connectivity index (χ0) is 17.8. The van der Waals surface area contributed by atoms with Crippen LogP contribution in [0.15, 0.2) is 35.1 Å². The number of carbonyl (C=O) groups excluding carboxylic acids is 2. The van der Waals surface area contributed by atoms with Crippen LogP contribution in [0.25, 0.3) is 10.9 Å². The van der Waals surface area contributed by atoms with Gasteiger partial charge in [0.05, 0.1) is 12.1 Å². The summed E-state index contributed by atoms with van der Waals surface area (Å²) in [5, 5.41) is 6.37. The lowest BCUT2D eigenvalue weighted by molar-refractivity contribution is -0.122. The average molecular weight is 342 g/mol. The lowest BCUT2D eigenvalue weighted by atomic mass is 10.0. The van der Waals surface area contributed by atoms with Gasteiger partial charge in [-0.25, -0.2) is 0 Å². The molecule has 0 radical (unpaired) electrons. The van der Waals surface area contributed by atoms with E-state index in [4.69, 9.17) is 0 Å². The highest BCUT2D eigenvalue weighted by atomic mass is 16.2. The third-order valence-electron chi connectivity index (χ3n) is 4.56. The van der Waals surface area contributed by atoms with Crippen molar-refractivity contribution in [1.82, 2.24) is 20.5 Å². The van der Waals surface area contributed by atoms with Crippen molar-refractivity contribution in [1.29, 1.82) is 0 Å². The summed E-state index contributed by atoms with van der Waals surface area (Å²) >= 11 is 0. The molecule has 3 N–H and O–H groups in total. The maximum Gasteiger partial charge on any atom is 0.252 e. The lowest BCUT2D eigenvalue weighted by Gasteiger charge is -2.31. The van der Waals surface area contributed by atoms with Gasteiger partial charge < -0.3 is 15.6 Å². The summed E-state index contributed by atoms with van der Waals surface area (Å²) in [5.41, 5.74) is 0.761. The van der Waals surface area contributed by atoms with Crippen molar-refractivity contribution < 1.29 is 9.59 Å². The van der Waals surface area contributed by atoms with E-state index >= 15 is 0 Å². The van der Waals surface area contributed by atoms with Gasteiger partial charge in [-0.3, -0.25) is 19.3 Å². The van der Waals surface area contributed by atoms with Crippen LogP contribution < -0.4 is 16.2 Å². The second-order valence-corrected chi connectivity index (χ2v) is 6.29. The van der Waals surface area contributed by atoms with Gasteiger partial charge in [0.1, 0.15) is 0 Å². The maximum absolute atomic E-state index is 12.6. The van der Waals surface area contributed by atoms with Crippen LogP contribution in [0.3, 0.4) is 0 Å². The van der Waals surface area contributed by atoms with Crippen LogP contribution in [0.4, 0.5) is 0 Å². The number of rotatable bonds is 4. The maximum atomic E-state index is 12.6. The average Bonchev–Trinajstić information content (AvgIpc) is 2.62. The Bertz CT molecular complexity index is 838. The number of H-pyrrole nitrogens is 1. The van der Waals surface area contributed by atoms with Gasteiger partial charge in [-0.15, -0.1) is 0 Å². The van der Waals surface area contributed by atoms with Gasteiger partial charge in [-0.05, 0) is 18.9 Å². The van der Waals surface area contributed by atoms with Crippen LogP contribution >= 0.6 is 0 Å². The summed E-state index contributed by atoms with van der Waals surface area (Å²) in [7, 11) is 1.63. The lowest BCUT2D eigenvalue weighted by Crippen LogP contribution is -2.47. The van der Waals surface area contributed by atoms with E-state index in [-0.39, 0.29) is 23.4 Å². The quantitative estimate of drug-likeness (QED) is 0.753. The molecule has 0 atom stereocenters. The Balaban J connectivity index is 1.66. The van der Waals surface area contributed by atoms with Crippen LogP contribution in [0.1, 0.15) is 23.2 Å². The van der Waals surface area contributed by atoms with Gasteiger partial charge in [0.15, 0.2) is 0 Å². The van der Waals surface area contributed by atoms with E-state index < -0.39 is 0 Å². The Kier molecular flexibility index (Phi) is 5.14. The first-order valence-electron chi connectivity index (χ1n) is 8.42. The normalized spacial score (nSPS) is 15.9. The molecular formula is C18H22N4O3. The molecule has 0 aliphatic carbocycles. The second kappa shape index (κ2) is 7.48. The molecule has 2 aromatic rings. The van der Waals surface area contributed by atoms with Gasteiger partial charge in [-0.1, -0.05) is 18.2 Å². The first kappa shape index (κ1) is 17.2. The largest absolute Gasteiger partial charge is 0.358 e. The van der Waals surface area contributed by atoms with Crippen molar-refractivity contribution in [2.75, 3.05) is 26.7 Å². The first-order valence-corrected chi connectivity index (χ1v) is 8.42. The fourth-order valence-electron chi connectivity index (χ4n) is 3.17. The van der Waals surface area contributed by atoms with Gasteiger partial charge >= 0.3 is 0 Å². The van der Waals surface area contributed by atoms with Gasteiger partial charge in [0.25, 0.3) is 5.91 Å². The summed E-state index contributed by atoms with van der Waals surface area (Å²) in [6, 6.07) is 8.66. The number of nitrogens with one attached hydrogen (secondary N) is 3. The summed E-state index contributed by atoms with van der Waals surface area (Å²) in [5.74, 6) is -0.232. The summed E-state index contributed by atoms with van der Waals surface area (Å²) in [4.78, 5) is 40.7. The van der Waals surface area contributed by atoms with E-state index in [0.717, 1.165) is 31.3 Å². The number of likely N-dealkylation sites (N-methyl/N-ethyl adjacent to an activating group) is 1. The zero-order valence-electron chi connectivity index (χ0n) is 14.2. The molecule has 0 spiro atoms. The fourth-order valence-corrected chi connectivity index (χ4v) is 3.17. The van der Waals surface area contributed by atoms with E-state index in [1.807, 2.05) is 18.2 Å². The van der Waals surface area contributed by atoms with Crippen molar-refractivity contribution in [3.63, 3.8) is 0 Å². The highest BCUT2D eigenvalue weighted by Gasteiger charge is 2.23. The summed E-state index contributed by atoms with van der Waals surface area (Å²) < 4.78 is 0. The first-order chi connectivity index (χ1) is 12.1. The molecule has 1 aliphatic heterocycles. The van der Waals surface area contributed by atoms with Crippen LogP contribution in [0, 0.1) is 0 Å². The van der Waals surface area contributed by atoms with Crippen LogP contribution in [0.5, 0.6) is 0 Å². The van der Waals surface area contributed by atoms with Gasteiger partial charge in [-0.2, -0.15) is 0 Å². The minimum Gasteiger partial charge on any atom is -0.358 e.